The smallest absolute Gasteiger partial charge is 0.272 e. The minimum atomic E-state index is -0.439. The van der Waals surface area contributed by atoms with Gasteiger partial charge in [0.1, 0.15) is 4.70 Å². The fraction of sp³-hybridized carbons (Fsp3) is 0.217. The summed E-state index contributed by atoms with van der Waals surface area (Å²) in [4.78, 5) is 35.3. The quantitative estimate of drug-likeness (QED) is 0.282. The van der Waals surface area contributed by atoms with Crippen LogP contribution < -0.4 is 10.9 Å². The van der Waals surface area contributed by atoms with Crippen LogP contribution in [0.2, 0.25) is 5.02 Å². The van der Waals surface area contributed by atoms with Gasteiger partial charge in [0.2, 0.25) is 5.91 Å². The molecule has 1 aromatic carbocycles. The number of amides is 1. The number of hydrogen-bond donors (Lipinski definition) is 1. The Bertz CT molecular complexity index is 1320. The molecule has 164 valence electrons. The lowest BCUT2D eigenvalue weighted by Crippen LogP contribution is -2.28. The van der Waals surface area contributed by atoms with Crippen molar-refractivity contribution in [2.75, 3.05) is 5.32 Å². The summed E-state index contributed by atoms with van der Waals surface area (Å²) in [5.74, 6) is -0.160. The normalized spacial score (nSPS) is 12.1. The van der Waals surface area contributed by atoms with Gasteiger partial charge in [0.25, 0.3) is 5.56 Å². The van der Waals surface area contributed by atoms with Gasteiger partial charge in [0.05, 0.1) is 23.0 Å². The average Bonchev–Trinajstić information content (AvgIpc) is 3.26. The first-order valence-corrected chi connectivity index (χ1v) is 12.2. The van der Waals surface area contributed by atoms with Gasteiger partial charge in [0.15, 0.2) is 5.16 Å². The Morgan fingerprint density at radius 3 is 2.88 bits per heavy atom. The molecule has 32 heavy (non-hydrogen) atoms. The van der Waals surface area contributed by atoms with Crippen molar-refractivity contribution in [1.29, 1.82) is 0 Å². The van der Waals surface area contributed by atoms with Gasteiger partial charge in [-0.05, 0) is 54.6 Å². The molecule has 9 heteroatoms. The number of thiophene rings is 1. The van der Waals surface area contributed by atoms with Crippen molar-refractivity contribution in [3.8, 4) is 0 Å². The molecule has 6 nitrogen and oxygen atoms in total. The van der Waals surface area contributed by atoms with Crippen LogP contribution >= 0.6 is 34.7 Å². The first-order valence-electron chi connectivity index (χ1n) is 10.1. The maximum absolute atomic E-state index is 13.2. The molecule has 0 saturated carbocycles. The lowest BCUT2D eigenvalue weighted by atomic mass is 10.2. The van der Waals surface area contributed by atoms with Gasteiger partial charge in [-0.2, -0.15) is 0 Å². The van der Waals surface area contributed by atoms with E-state index in [1.807, 2.05) is 49.6 Å². The van der Waals surface area contributed by atoms with Crippen molar-refractivity contribution >= 4 is 56.5 Å². The van der Waals surface area contributed by atoms with E-state index in [0.29, 0.717) is 32.5 Å². The van der Waals surface area contributed by atoms with Crippen molar-refractivity contribution in [3.05, 3.63) is 80.7 Å². The highest BCUT2D eigenvalue weighted by molar-refractivity contribution is 8.00. The number of nitrogens with one attached hydrogen (secondary N) is 1. The molecule has 4 aromatic rings. The van der Waals surface area contributed by atoms with E-state index >= 15 is 0 Å². The fourth-order valence-electron chi connectivity index (χ4n) is 3.20. The molecule has 0 radical (unpaired) electrons. The zero-order chi connectivity index (χ0) is 22.7. The highest BCUT2D eigenvalue weighted by Gasteiger charge is 2.23. The van der Waals surface area contributed by atoms with Gasteiger partial charge in [-0.3, -0.25) is 19.1 Å². The Morgan fingerprint density at radius 2 is 2.12 bits per heavy atom. The molecule has 0 bridgehead atoms. The van der Waals surface area contributed by atoms with Gasteiger partial charge >= 0.3 is 0 Å². The molecular weight excluding hydrogens is 464 g/mol. The summed E-state index contributed by atoms with van der Waals surface area (Å²) >= 11 is 8.75. The van der Waals surface area contributed by atoms with Gasteiger partial charge in [-0.1, -0.05) is 42.4 Å². The zero-order valence-electron chi connectivity index (χ0n) is 17.5. The van der Waals surface area contributed by atoms with Crippen LogP contribution in [-0.2, 0) is 11.3 Å². The summed E-state index contributed by atoms with van der Waals surface area (Å²) in [5, 5.41) is 5.43. The second-order valence-corrected chi connectivity index (χ2v) is 9.73. The van der Waals surface area contributed by atoms with Crippen LogP contribution in [0.1, 0.15) is 24.6 Å². The van der Waals surface area contributed by atoms with Crippen LogP contribution in [0.4, 0.5) is 5.69 Å². The number of hydrogen-bond acceptors (Lipinski definition) is 6. The Hall–Kier alpha value is -2.68. The topological polar surface area (TPSA) is 76.9 Å². The molecule has 3 aromatic heterocycles. The zero-order valence-corrected chi connectivity index (χ0v) is 19.9. The van der Waals surface area contributed by atoms with Gasteiger partial charge in [-0.15, -0.1) is 11.3 Å². The molecule has 0 aliphatic carbocycles. The number of carbonyl (C=O) groups is 1. The second-order valence-electron chi connectivity index (χ2n) is 7.20. The standard InChI is InChI=1S/C23H21ClN4O2S2/c1-3-19(21(29)26-18-12-15(24)8-7-14(18)2)32-23-27-17-9-11-31-20(17)22(30)28(23)13-16-6-4-5-10-25-16/h4-12,19H,3,13H2,1-2H3,(H,26,29)/t19-/m0/s1. The van der Waals surface area contributed by atoms with Crippen LogP contribution in [0.25, 0.3) is 10.2 Å². The van der Waals surface area contributed by atoms with Crippen LogP contribution in [0.3, 0.4) is 0 Å². The Morgan fingerprint density at radius 1 is 1.28 bits per heavy atom. The summed E-state index contributed by atoms with van der Waals surface area (Å²) < 4.78 is 2.20. The molecule has 1 amide bonds. The number of benzene rings is 1. The third-order valence-electron chi connectivity index (χ3n) is 4.95. The van der Waals surface area contributed by atoms with Crippen molar-refractivity contribution in [2.45, 2.75) is 37.2 Å². The third-order valence-corrected chi connectivity index (χ3v) is 7.43. The number of carbonyl (C=O) groups excluding carboxylic acids is 1. The van der Waals surface area contributed by atoms with E-state index < -0.39 is 5.25 Å². The highest BCUT2D eigenvalue weighted by Crippen LogP contribution is 2.28. The number of aryl methyl sites for hydroxylation is 1. The molecule has 1 atom stereocenters. The maximum atomic E-state index is 13.2. The van der Waals surface area contributed by atoms with E-state index in [2.05, 4.69) is 10.3 Å². The van der Waals surface area contributed by atoms with E-state index in [1.54, 1.807) is 22.9 Å². The molecule has 0 spiro atoms. The number of nitrogens with zero attached hydrogens (tertiary/aromatic N) is 3. The first-order chi connectivity index (χ1) is 15.5. The number of halogens is 1. The minimum absolute atomic E-state index is 0.126. The molecule has 4 rings (SSSR count). The summed E-state index contributed by atoms with van der Waals surface area (Å²) in [7, 11) is 0. The van der Waals surface area contributed by atoms with E-state index in [4.69, 9.17) is 16.6 Å². The molecule has 3 heterocycles. The van der Waals surface area contributed by atoms with E-state index in [9.17, 15) is 9.59 Å². The lowest BCUT2D eigenvalue weighted by molar-refractivity contribution is -0.115. The second kappa shape index (κ2) is 9.85. The van der Waals surface area contributed by atoms with Gasteiger partial charge in [-0.25, -0.2) is 4.98 Å². The number of aromatic nitrogens is 3. The van der Waals surface area contributed by atoms with Crippen LogP contribution in [0.5, 0.6) is 0 Å². The number of pyridine rings is 1. The summed E-state index contributed by atoms with van der Waals surface area (Å²) in [6, 6.07) is 12.8. The molecule has 0 aliphatic heterocycles. The Labute approximate surface area is 198 Å². The molecule has 0 unspecified atom stereocenters. The number of rotatable bonds is 7. The van der Waals surface area contributed by atoms with Gasteiger partial charge < -0.3 is 5.32 Å². The molecule has 1 N–H and O–H groups in total. The molecule has 0 aliphatic rings. The van der Waals surface area contributed by atoms with Crippen molar-refractivity contribution in [1.82, 2.24) is 14.5 Å². The Kier molecular flexibility index (Phi) is 6.93. The SMILES string of the molecule is CC[C@H](Sc1nc2ccsc2c(=O)n1Cc1ccccn1)C(=O)Nc1cc(Cl)ccc1C. The van der Waals surface area contributed by atoms with Crippen molar-refractivity contribution in [2.24, 2.45) is 0 Å². The van der Waals surface area contributed by atoms with E-state index in [0.717, 1.165) is 11.3 Å². The molecule has 0 saturated heterocycles. The van der Waals surface area contributed by atoms with Gasteiger partial charge in [0, 0.05) is 16.9 Å². The maximum Gasteiger partial charge on any atom is 0.272 e. The van der Waals surface area contributed by atoms with E-state index in [1.165, 1.54) is 23.1 Å². The van der Waals surface area contributed by atoms with Crippen molar-refractivity contribution in [3.63, 3.8) is 0 Å². The predicted octanol–water partition coefficient (Wildman–Crippen LogP) is 5.37. The molecule has 0 fully saturated rings. The first kappa shape index (κ1) is 22.5. The van der Waals surface area contributed by atoms with Crippen LogP contribution in [0, 0.1) is 6.92 Å². The summed E-state index contributed by atoms with van der Waals surface area (Å²) in [5.41, 5.74) is 2.86. The number of anilines is 1. The fourth-order valence-corrected chi connectivity index (χ4v) is 5.16. The largest absolute Gasteiger partial charge is 0.325 e. The predicted molar refractivity (Wildman–Crippen MR) is 132 cm³/mol. The lowest BCUT2D eigenvalue weighted by Gasteiger charge is -2.18. The minimum Gasteiger partial charge on any atom is -0.325 e. The van der Waals surface area contributed by atoms with Crippen LogP contribution in [0.15, 0.2) is 64.0 Å². The number of fused-ring (bicyclic) bond motifs is 1. The third kappa shape index (κ3) is 4.87. The highest BCUT2D eigenvalue weighted by atomic mass is 35.5. The molecular formula is C23H21ClN4O2S2. The summed E-state index contributed by atoms with van der Waals surface area (Å²) in [6.07, 6.45) is 2.26. The Balaban J connectivity index is 1.66. The van der Waals surface area contributed by atoms with Crippen LogP contribution in [-0.4, -0.2) is 25.7 Å². The van der Waals surface area contributed by atoms with Crippen molar-refractivity contribution < 1.29 is 4.79 Å². The average molecular weight is 485 g/mol. The summed E-state index contributed by atoms with van der Waals surface area (Å²) in [6.45, 7) is 4.14. The number of thioether (sulfide) groups is 1. The van der Waals surface area contributed by atoms with E-state index in [-0.39, 0.29) is 18.0 Å². The monoisotopic (exact) mass is 484 g/mol.